The van der Waals surface area contributed by atoms with Crippen molar-refractivity contribution in [1.82, 2.24) is 5.32 Å². The van der Waals surface area contributed by atoms with Gasteiger partial charge in [-0.2, -0.15) is 0 Å². The zero-order chi connectivity index (χ0) is 17.7. The monoisotopic (exact) mass is 330 g/mol. The number of nitrogens with two attached hydrogens (primary N) is 2. The third-order valence-electron chi connectivity index (χ3n) is 4.25. The summed E-state index contributed by atoms with van der Waals surface area (Å²) in [5.41, 5.74) is 10.8. The number of aliphatic hydroxyl groups is 2. The van der Waals surface area contributed by atoms with E-state index >= 15 is 0 Å². The average Bonchev–Trinajstić information content (AvgIpc) is 2.86. The molecule has 1 amide bonds. The molecule has 9 heteroatoms. The summed E-state index contributed by atoms with van der Waals surface area (Å²) in [5, 5.41) is 32.1. The number of aliphatic hydroxyl groups excluding tert-OH is 2. The fraction of sp³-hybridized carbons (Fsp3) is 0.786. The highest BCUT2D eigenvalue weighted by atomic mass is 16.4. The molecule has 0 heterocycles. The predicted molar refractivity (Wildman–Crippen MR) is 83.4 cm³/mol. The minimum absolute atomic E-state index is 0.182. The molecule has 1 aliphatic rings. The Labute approximate surface area is 134 Å². The van der Waals surface area contributed by atoms with Crippen LogP contribution in [0.3, 0.4) is 0 Å². The third-order valence-corrected chi connectivity index (χ3v) is 4.25. The summed E-state index contributed by atoms with van der Waals surface area (Å²) < 4.78 is 0. The van der Waals surface area contributed by atoms with E-state index in [-0.39, 0.29) is 24.7 Å². The fourth-order valence-electron chi connectivity index (χ4n) is 3.14. The Morgan fingerprint density at radius 1 is 1.30 bits per heavy atom. The van der Waals surface area contributed by atoms with Gasteiger partial charge in [0.25, 0.3) is 0 Å². The summed E-state index contributed by atoms with van der Waals surface area (Å²) in [6.45, 7) is 2.98. The summed E-state index contributed by atoms with van der Waals surface area (Å²) in [4.78, 5) is 26.8. The molecule has 1 aliphatic carbocycles. The van der Waals surface area contributed by atoms with E-state index in [1.165, 1.54) is 6.92 Å². The number of amides is 1. The van der Waals surface area contributed by atoms with E-state index in [0.29, 0.717) is 6.42 Å². The molecule has 1 rings (SSSR count). The van der Waals surface area contributed by atoms with Crippen LogP contribution in [0.1, 0.15) is 33.1 Å². The van der Waals surface area contributed by atoms with Crippen LogP contribution >= 0.6 is 0 Å². The zero-order valence-corrected chi connectivity index (χ0v) is 13.3. The van der Waals surface area contributed by atoms with Gasteiger partial charge < -0.3 is 32.1 Å². The molecule has 1 fully saturated rings. The Hall–Kier alpha value is -1.87. The van der Waals surface area contributed by atoms with Crippen molar-refractivity contribution in [1.29, 1.82) is 0 Å². The number of nitrogens with zero attached hydrogens (tertiary/aromatic N) is 1. The van der Waals surface area contributed by atoms with Crippen LogP contribution in [0.5, 0.6) is 0 Å². The number of carboxylic acids is 1. The van der Waals surface area contributed by atoms with E-state index in [1.54, 1.807) is 6.92 Å². The Morgan fingerprint density at radius 3 is 2.35 bits per heavy atom. The van der Waals surface area contributed by atoms with Crippen LogP contribution in [0.4, 0.5) is 0 Å². The van der Waals surface area contributed by atoms with E-state index in [9.17, 15) is 24.9 Å². The lowest BCUT2D eigenvalue weighted by molar-refractivity contribution is -0.141. The smallest absolute Gasteiger partial charge is 0.306 e. The molecular weight excluding hydrogens is 304 g/mol. The van der Waals surface area contributed by atoms with Gasteiger partial charge in [-0.25, -0.2) is 4.99 Å². The molecule has 0 aliphatic heterocycles. The number of hydrogen-bond acceptors (Lipinski definition) is 5. The van der Waals surface area contributed by atoms with Gasteiger partial charge in [-0.1, -0.05) is 6.92 Å². The van der Waals surface area contributed by atoms with E-state index in [4.69, 9.17) is 11.5 Å². The lowest BCUT2D eigenvalue weighted by Gasteiger charge is -2.33. The molecule has 0 aromatic rings. The van der Waals surface area contributed by atoms with Crippen molar-refractivity contribution in [3.8, 4) is 0 Å². The summed E-state index contributed by atoms with van der Waals surface area (Å²) in [5.74, 6) is -2.71. The quantitative estimate of drug-likeness (QED) is 0.240. The number of carbonyl (C=O) groups is 2. The van der Waals surface area contributed by atoms with Gasteiger partial charge in [0.15, 0.2) is 5.96 Å². The third kappa shape index (κ3) is 5.07. The van der Waals surface area contributed by atoms with Gasteiger partial charge in [0, 0.05) is 12.8 Å². The number of nitrogens with one attached hydrogen (secondary N) is 1. The molecule has 23 heavy (non-hydrogen) atoms. The Bertz CT molecular complexity index is 466. The van der Waals surface area contributed by atoms with Crippen molar-refractivity contribution in [3.05, 3.63) is 0 Å². The van der Waals surface area contributed by atoms with Crippen LogP contribution < -0.4 is 16.8 Å². The second-order valence-electron chi connectivity index (χ2n) is 5.98. The molecule has 6 atom stereocenters. The van der Waals surface area contributed by atoms with E-state index in [1.807, 2.05) is 0 Å². The molecular formula is C14H26N4O5. The predicted octanol–water partition coefficient (Wildman–Crippen LogP) is -1.62. The SMILES string of the molecule is CC[C@H](O)[C@H](O)[C@@H](NC(C)=O)[C@@H]1C[C@@H](C(=O)O)C[C@H]1N=C(N)N. The van der Waals surface area contributed by atoms with Crippen molar-refractivity contribution in [2.45, 2.75) is 57.4 Å². The molecule has 1 saturated carbocycles. The zero-order valence-electron chi connectivity index (χ0n) is 13.3. The Kier molecular flexibility index (Phi) is 6.77. The molecule has 8 N–H and O–H groups in total. The van der Waals surface area contributed by atoms with Gasteiger partial charge in [-0.3, -0.25) is 9.59 Å². The summed E-state index contributed by atoms with van der Waals surface area (Å²) >= 11 is 0. The van der Waals surface area contributed by atoms with E-state index in [2.05, 4.69) is 10.3 Å². The lowest BCUT2D eigenvalue weighted by atomic mass is 9.87. The highest BCUT2D eigenvalue weighted by Gasteiger charge is 2.45. The first-order chi connectivity index (χ1) is 10.7. The maximum absolute atomic E-state index is 11.5. The standard InChI is InChI=1S/C14H26N4O5/c1-3-10(20)12(21)11(17-6(2)19)8-4-7(13(22)23)5-9(8)18-14(15)16/h7-12,20-21H,3-5H2,1-2H3,(H,17,19)(H,22,23)(H4,15,16,18)/t7-,8-,9-,10+,11+,12+/m1/s1. The molecule has 132 valence electrons. The molecule has 0 bridgehead atoms. The van der Waals surface area contributed by atoms with Crippen molar-refractivity contribution >= 4 is 17.8 Å². The van der Waals surface area contributed by atoms with Gasteiger partial charge in [-0.15, -0.1) is 0 Å². The molecule has 9 nitrogen and oxygen atoms in total. The van der Waals surface area contributed by atoms with Gasteiger partial charge >= 0.3 is 5.97 Å². The maximum Gasteiger partial charge on any atom is 0.306 e. The summed E-state index contributed by atoms with van der Waals surface area (Å²) in [7, 11) is 0. The normalized spacial score (nSPS) is 27.7. The van der Waals surface area contributed by atoms with Crippen LogP contribution in [0.25, 0.3) is 0 Å². The minimum Gasteiger partial charge on any atom is -0.481 e. The Morgan fingerprint density at radius 2 is 1.91 bits per heavy atom. The van der Waals surface area contributed by atoms with Gasteiger partial charge in [0.05, 0.1) is 24.1 Å². The first-order valence-corrected chi connectivity index (χ1v) is 7.62. The largest absolute Gasteiger partial charge is 0.481 e. The molecule has 0 unspecified atom stereocenters. The highest BCUT2D eigenvalue weighted by Crippen LogP contribution is 2.37. The number of aliphatic carboxylic acids is 1. The molecule has 0 aromatic carbocycles. The number of guanidine groups is 1. The summed E-state index contributed by atoms with van der Waals surface area (Å²) in [6.07, 6.45) is -1.58. The van der Waals surface area contributed by atoms with Crippen molar-refractivity contribution in [3.63, 3.8) is 0 Å². The number of carbonyl (C=O) groups excluding carboxylic acids is 1. The minimum atomic E-state index is -1.24. The van der Waals surface area contributed by atoms with Crippen LogP contribution in [0.15, 0.2) is 4.99 Å². The second kappa shape index (κ2) is 8.11. The maximum atomic E-state index is 11.5. The molecule has 0 spiro atoms. The van der Waals surface area contributed by atoms with Gasteiger partial charge in [0.2, 0.25) is 5.91 Å². The van der Waals surface area contributed by atoms with Crippen molar-refractivity contribution in [2.75, 3.05) is 0 Å². The van der Waals surface area contributed by atoms with Crippen LogP contribution in [-0.2, 0) is 9.59 Å². The number of carboxylic acid groups (broad SMARTS) is 1. The topological polar surface area (TPSA) is 171 Å². The summed E-state index contributed by atoms with van der Waals surface area (Å²) in [6, 6.07) is -1.38. The molecule has 0 aromatic heterocycles. The van der Waals surface area contributed by atoms with Crippen LogP contribution in [-0.4, -0.2) is 57.4 Å². The number of hydrogen-bond donors (Lipinski definition) is 6. The number of aliphatic imine (C=N–C) groups is 1. The van der Waals surface area contributed by atoms with E-state index < -0.39 is 42.1 Å². The van der Waals surface area contributed by atoms with Gasteiger partial charge in [-0.05, 0) is 19.3 Å². The van der Waals surface area contributed by atoms with Crippen LogP contribution in [0, 0.1) is 11.8 Å². The average molecular weight is 330 g/mol. The fourth-order valence-corrected chi connectivity index (χ4v) is 3.14. The van der Waals surface area contributed by atoms with Crippen molar-refractivity contribution in [2.24, 2.45) is 28.3 Å². The van der Waals surface area contributed by atoms with Crippen LogP contribution in [0.2, 0.25) is 0 Å². The highest BCUT2D eigenvalue weighted by molar-refractivity contribution is 5.76. The first kappa shape index (κ1) is 19.2. The van der Waals surface area contributed by atoms with E-state index in [0.717, 1.165) is 0 Å². The molecule has 0 saturated heterocycles. The lowest BCUT2D eigenvalue weighted by Crippen LogP contribution is -2.53. The number of rotatable bonds is 7. The second-order valence-corrected chi connectivity index (χ2v) is 5.98. The molecule has 0 radical (unpaired) electrons. The van der Waals surface area contributed by atoms with Gasteiger partial charge in [0.1, 0.15) is 6.10 Å². The first-order valence-electron chi connectivity index (χ1n) is 7.62. The van der Waals surface area contributed by atoms with Crippen molar-refractivity contribution < 1.29 is 24.9 Å². The Balaban J connectivity index is 3.10.